The van der Waals surface area contributed by atoms with Gasteiger partial charge in [-0.25, -0.2) is 0 Å². The van der Waals surface area contributed by atoms with Gasteiger partial charge in [-0.3, -0.25) is 9.59 Å². The summed E-state index contributed by atoms with van der Waals surface area (Å²) in [5.41, 5.74) is 0. The summed E-state index contributed by atoms with van der Waals surface area (Å²) < 4.78 is 10.4. The molecule has 4 nitrogen and oxygen atoms in total. The number of rotatable bonds is 9. The molecule has 0 amide bonds. The van der Waals surface area contributed by atoms with Gasteiger partial charge in [-0.05, 0) is 37.3 Å². The van der Waals surface area contributed by atoms with Crippen LogP contribution >= 0.6 is 12.2 Å². The van der Waals surface area contributed by atoms with Crippen LogP contribution in [0.25, 0.3) is 0 Å². The molecule has 0 aliphatic carbocycles. The molecule has 1 unspecified atom stereocenters. The molecule has 1 aromatic carbocycles. The quantitative estimate of drug-likeness (QED) is 0.303. The third-order valence-corrected chi connectivity index (χ3v) is 2.92. The average molecular weight is 294 g/mol. The largest absolute Gasteiger partial charge is 0.490 e. The zero-order valence-corrected chi connectivity index (χ0v) is 12.2. The van der Waals surface area contributed by atoms with E-state index in [2.05, 4.69) is 0 Å². The predicted octanol–water partition coefficient (Wildman–Crippen LogP) is 2.59. The molecule has 0 saturated heterocycles. The number of thiocarbonyl (C=S) groups is 1. The maximum absolute atomic E-state index is 11.8. The minimum absolute atomic E-state index is 0.120. The average Bonchev–Trinajstić information content (AvgIpc) is 2.45. The fourth-order valence-electron chi connectivity index (χ4n) is 1.64. The van der Waals surface area contributed by atoms with Crippen LogP contribution in [0.2, 0.25) is 0 Å². The van der Waals surface area contributed by atoms with E-state index < -0.39 is 11.9 Å². The van der Waals surface area contributed by atoms with Gasteiger partial charge in [0.2, 0.25) is 0 Å². The molecule has 20 heavy (non-hydrogen) atoms. The highest BCUT2D eigenvalue weighted by Gasteiger charge is 2.23. The first-order chi connectivity index (χ1) is 9.65. The Morgan fingerprint density at radius 3 is 2.55 bits per heavy atom. The monoisotopic (exact) mass is 294 g/mol. The van der Waals surface area contributed by atoms with E-state index in [1.54, 1.807) is 0 Å². The maximum atomic E-state index is 11.8. The van der Waals surface area contributed by atoms with Gasteiger partial charge >= 0.3 is 5.97 Å². The Labute approximate surface area is 124 Å². The van der Waals surface area contributed by atoms with Crippen LogP contribution in [0.3, 0.4) is 0 Å². The van der Waals surface area contributed by atoms with Gasteiger partial charge in [-0.2, -0.15) is 0 Å². The van der Waals surface area contributed by atoms with E-state index in [0.29, 0.717) is 18.6 Å². The van der Waals surface area contributed by atoms with Crippen molar-refractivity contribution in [1.29, 1.82) is 0 Å². The van der Waals surface area contributed by atoms with E-state index in [0.717, 1.165) is 0 Å². The highest BCUT2D eigenvalue weighted by molar-refractivity contribution is 7.78. The van der Waals surface area contributed by atoms with Gasteiger partial charge in [0.25, 0.3) is 0 Å². The van der Waals surface area contributed by atoms with Gasteiger partial charge < -0.3 is 9.47 Å². The summed E-state index contributed by atoms with van der Waals surface area (Å²) in [5.74, 6) is -0.722. The van der Waals surface area contributed by atoms with Crippen LogP contribution in [0.5, 0.6) is 5.75 Å². The first-order valence-corrected chi connectivity index (χ1v) is 6.91. The van der Waals surface area contributed by atoms with Crippen molar-refractivity contribution in [1.82, 2.24) is 0 Å². The molecule has 0 aromatic heterocycles. The normalized spacial score (nSPS) is 11.4. The lowest BCUT2D eigenvalue weighted by molar-refractivity contribution is -0.152. The fraction of sp³-hybridized carbons (Fsp3) is 0.400. The number of Topliss-reactive ketones (excluding diaryl/α,β-unsaturated/α-hetero) is 1. The molecule has 0 radical (unpaired) electrons. The lowest BCUT2D eigenvalue weighted by atomic mass is 10.00. The molecule has 0 aliphatic heterocycles. The first kappa shape index (κ1) is 16.3. The minimum atomic E-state index is -0.731. The summed E-state index contributed by atoms with van der Waals surface area (Å²) in [4.78, 5) is 23.1. The summed E-state index contributed by atoms with van der Waals surface area (Å²) in [7, 11) is 0. The van der Waals surface area contributed by atoms with Crippen molar-refractivity contribution in [3.8, 4) is 5.75 Å². The standard InChI is InChI=1S/C15H18O4S/c1-12(16)14(8-5-11-20)15(17)19-10-9-18-13-6-3-2-4-7-13/h2-4,6-7,11,14H,5,8-10H2,1H3. The van der Waals surface area contributed by atoms with Crippen LogP contribution in [0.15, 0.2) is 30.3 Å². The number of ketones is 1. The van der Waals surface area contributed by atoms with Crippen molar-refractivity contribution in [2.24, 2.45) is 5.92 Å². The van der Waals surface area contributed by atoms with Crippen molar-refractivity contribution >= 4 is 29.3 Å². The third kappa shape index (κ3) is 5.93. The molecule has 0 fully saturated rings. The van der Waals surface area contributed by atoms with Gasteiger partial charge in [0.15, 0.2) is 0 Å². The van der Waals surface area contributed by atoms with E-state index in [1.807, 2.05) is 30.3 Å². The third-order valence-electron chi connectivity index (χ3n) is 2.69. The molecule has 0 aliphatic rings. The van der Waals surface area contributed by atoms with Gasteiger partial charge in [0.05, 0.1) is 0 Å². The fourth-order valence-corrected chi connectivity index (χ4v) is 1.78. The van der Waals surface area contributed by atoms with Crippen molar-refractivity contribution in [3.05, 3.63) is 30.3 Å². The molecule has 5 heteroatoms. The Hall–Kier alpha value is -1.75. The predicted molar refractivity (Wildman–Crippen MR) is 80.0 cm³/mol. The van der Waals surface area contributed by atoms with Crippen LogP contribution in [-0.4, -0.2) is 30.3 Å². The summed E-state index contributed by atoms with van der Waals surface area (Å²) in [6.45, 7) is 1.76. The van der Waals surface area contributed by atoms with Crippen molar-refractivity contribution < 1.29 is 19.1 Å². The van der Waals surface area contributed by atoms with E-state index in [1.165, 1.54) is 12.3 Å². The number of para-hydroxylation sites is 1. The van der Waals surface area contributed by atoms with Crippen LogP contribution in [0, 0.1) is 5.92 Å². The molecule has 0 bridgehead atoms. The van der Waals surface area contributed by atoms with Crippen molar-refractivity contribution in [2.75, 3.05) is 13.2 Å². The number of benzene rings is 1. The van der Waals surface area contributed by atoms with Crippen molar-refractivity contribution in [2.45, 2.75) is 19.8 Å². The molecule has 1 rings (SSSR count). The molecule has 0 saturated carbocycles. The summed E-state index contributed by atoms with van der Waals surface area (Å²) in [6, 6.07) is 9.25. The smallest absolute Gasteiger partial charge is 0.316 e. The lowest BCUT2D eigenvalue weighted by Crippen LogP contribution is -2.26. The Morgan fingerprint density at radius 2 is 1.95 bits per heavy atom. The second-order valence-corrected chi connectivity index (χ2v) is 4.57. The Balaban J connectivity index is 2.30. The highest BCUT2D eigenvalue weighted by Crippen LogP contribution is 2.11. The Morgan fingerprint density at radius 1 is 1.25 bits per heavy atom. The molecule has 108 valence electrons. The molecular formula is C15H18O4S. The highest BCUT2D eigenvalue weighted by atomic mass is 32.1. The van der Waals surface area contributed by atoms with E-state index in [-0.39, 0.29) is 19.0 Å². The second-order valence-electron chi connectivity index (χ2n) is 4.24. The van der Waals surface area contributed by atoms with E-state index in [9.17, 15) is 9.59 Å². The molecule has 0 N–H and O–H groups in total. The van der Waals surface area contributed by atoms with Gasteiger partial charge in [-0.1, -0.05) is 30.4 Å². The maximum Gasteiger partial charge on any atom is 0.316 e. The van der Waals surface area contributed by atoms with Gasteiger partial charge in [0.1, 0.15) is 30.7 Å². The summed E-state index contributed by atoms with van der Waals surface area (Å²) >= 11 is 4.70. The Kier molecular flexibility index (Phi) is 7.50. The zero-order chi connectivity index (χ0) is 14.8. The number of esters is 1. The van der Waals surface area contributed by atoms with E-state index in [4.69, 9.17) is 21.7 Å². The number of hydrogen-bond donors (Lipinski definition) is 0. The number of carbonyl (C=O) groups is 2. The van der Waals surface area contributed by atoms with Gasteiger partial charge in [0, 0.05) is 0 Å². The molecule has 1 aromatic rings. The Bertz CT molecular complexity index is 444. The van der Waals surface area contributed by atoms with Crippen LogP contribution in [0.4, 0.5) is 0 Å². The van der Waals surface area contributed by atoms with Crippen molar-refractivity contribution in [3.63, 3.8) is 0 Å². The van der Waals surface area contributed by atoms with Crippen LogP contribution in [0.1, 0.15) is 19.8 Å². The molecule has 0 heterocycles. The summed E-state index contributed by atoms with van der Waals surface area (Å²) in [5, 5.41) is 1.52. The SMILES string of the molecule is CC(=O)C(CCC=S)C(=O)OCCOc1ccccc1. The minimum Gasteiger partial charge on any atom is -0.490 e. The topological polar surface area (TPSA) is 52.6 Å². The summed E-state index contributed by atoms with van der Waals surface area (Å²) in [6.07, 6.45) is 0.937. The number of carbonyl (C=O) groups excluding carboxylic acids is 2. The zero-order valence-electron chi connectivity index (χ0n) is 11.4. The lowest BCUT2D eigenvalue weighted by Gasteiger charge is -2.12. The van der Waals surface area contributed by atoms with Gasteiger partial charge in [-0.15, -0.1) is 0 Å². The second kappa shape index (κ2) is 9.20. The number of ether oxygens (including phenoxy) is 2. The number of hydrogen-bond acceptors (Lipinski definition) is 5. The first-order valence-electron chi connectivity index (χ1n) is 6.43. The molecule has 0 spiro atoms. The molecular weight excluding hydrogens is 276 g/mol. The van der Waals surface area contributed by atoms with E-state index >= 15 is 0 Å². The van der Waals surface area contributed by atoms with Crippen LogP contribution in [-0.2, 0) is 14.3 Å². The molecule has 1 atom stereocenters. The van der Waals surface area contributed by atoms with Crippen LogP contribution < -0.4 is 4.74 Å².